The third-order valence-corrected chi connectivity index (χ3v) is 5.12. The number of morpholine rings is 1. The van der Waals surface area contributed by atoms with Crippen LogP contribution in [0.2, 0.25) is 0 Å². The van der Waals surface area contributed by atoms with Crippen molar-refractivity contribution in [3.8, 4) is 22.5 Å². The highest BCUT2D eigenvalue weighted by atomic mass is 19.4. The van der Waals surface area contributed by atoms with Crippen molar-refractivity contribution in [2.24, 2.45) is 7.05 Å². The maximum absolute atomic E-state index is 13.8. The van der Waals surface area contributed by atoms with Gasteiger partial charge in [0, 0.05) is 43.5 Å². The second kappa shape index (κ2) is 8.16. The van der Waals surface area contributed by atoms with Crippen molar-refractivity contribution in [1.82, 2.24) is 19.4 Å². The number of aromatic nitrogens is 3. The zero-order valence-corrected chi connectivity index (χ0v) is 16.3. The Hall–Kier alpha value is -2.78. The number of hydrogen-bond acceptors (Lipinski definition) is 4. The van der Waals surface area contributed by atoms with E-state index in [1.54, 1.807) is 23.7 Å². The number of ether oxygens (including phenoxy) is 1. The molecule has 3 aromatic rings. The lowest BCUT2D eigenvalue weighted by molar-refractivity contribution is -0.137. The van der Waals surface area contributed by atoms with Crippen LogP contribution in [0.3, 0.4) is 0 Å². The number of hydrogen-bond donors (Lipinski definition) is 0. The summed E-state index contributed by atoms with van der Waals surface area (Å²) >= 11 is 0. The lowest BCUT2D eigenvalue weighted by atomic mass is 10.0. The predicted octanol–water partition coefficient (Wildman–Crippen LogP) is 4.14. The first-order chi connectivity index (χ1) is 14.3. The standard InChI is InChI=1S/C21H20F4N4O/c1-28-18(13-29-7-9-30-10-8-29)27-19(20(28)15-5-6-26-17(22)12-15)14-3-2-4-16(11-14)21(23,24)25/h2-6,11-12H,7-10,13H2,1H3. The Labute approximate surface area is 170 Å². The molecule has 0 amide bonds. The van der Waals surface area contributed by atoms with Crippen LogP contribution in [-0.2, 0) is 24.5 Å². The molecular weight excluding hydrogens is 400 g/mol. The number of benzene rings is 1. The molecule has 1 aliphatic rings. The first-order valence-corrected chi connectivity index (χ1v) is 9.48. The molecular formula is C21H20F4N4O. The maximum atomic E-state index is 13.8. The van der Waals surface area contributed by atoms with E-state index in [0.29, 0.717) is 48.1 Å². The topological polar surface area (TPSA) is 43.2 Å². The maximum Gasteiger partial charge on any atom is 0.416 e. The molecule has 2 aromatic heterocycles. The lowest BCUT2D eigenvalue weighted by Gasteiger charge is -2.26. The van der Waals surface area contributed by atoms with Gasteiger partial charge in [-0.25, -0.2) is 9.97 Å². The number of alkyl halides is 3. The molecule has 30 heavy (non-hydrogen) atoms. The SMILES string of the molecule is Cn1c(CN2CCOCC2)nc(-c2cccc(C(F)(F)F)c2)c1-c1ccnc(F)c1. The number of nitrogens with zero attached hydrogens (tertiary/aromatic N) is 4. The fourth-order valence-electron chi connectivity index (χ4n) is 3.57. The number of imidazole rings is 1. The van der Waals surface area contributed by atoms with Crippen molar-refractivity contribution in [3.05, 3.63) is 59.9 Å². The monoisotopic (exact) mass is 420 g/mol. The van der Waals surface area contributed by atoms with Gasteiger partial charge >= 0.3 is 6.18 Å². The first kappa shape index (κ1) is 20.5. The van der Waals surface area contributed by atoms with Gasteiger partial charge in [0.1, 0.15) is 5.82 Å². The van der Waals surface area contributed by atoms with Gasteiger partial charge in [0.05, 0.1) is 36.7 Å². The third-order valence-electron chi connectivity index (χ3n) is 5.12. The highest BCUT2D eigenvalue weighted by Gasteiger charge is 2.31. The number of halogens is 4. The van der Waals surface area contributed by atoms with Crippen molar-refractivity contribution in [2.45, 2.75) is 12.7 Å². The summed E-state index contributed by atoms with van der Waals surface area (Å²) in [4.78, 5) is 10.4. The van der Waals surface area contributed by atoms with Gasteiger partial charge in [-0.05, 0) is 18.2 Å². The molecule has 3 heterocycles. The highest BCUT2D eigenvalue weighted by molar-refractivity contribution is 5.79. The molecule has 1 saturated heterocycles. The van der Waals surface area contributed by atoms with Crippen LogP contribution in [0.5, 0.6) is 0 Å². The fraction of sp³-hybridized carbons (Fsp3) is 0.333. The van der Waals surface area contributed by atoms with Crippen molar-refractivity contribution in [1.29, 1.82) is 0 Å². The van der Waals surface area contributed by atoms with Gasteiger partial charge in [0.2, 0.25) is 5.95 Å². The molecule has 0 N–H and O–H groups in total. The third kappa shape index (κ3) is 4.22. The minimum Gasteiger partial charge on any atom is -0.379 e. The first-order valence-electron chi connectivity index (χ1n) is 9.48. The predicted molar refractivity (Wildman–Crippen MR) is 103 cm³/mol. The van der Waals surface area contributed by atoms with Gasteiger partial charge in [0.25, 0.3) is 0 Å². The lowest BCUT2D eigenvalue weighted by Crippen LogP contribution is -2.36. The molecule has 5 nitrogen and oxygen atoms in total. The van der Waals surface area contributed by atoms with Crippen molar-refractivity contribution >= 4 is 0 Å². The van der Waals surface area contributed by atoms with Gasteiger partial charge in [-0.1, -0.05) is 12.1 Å². The fourth-order valence-corrected chi connectivity index (χ4v) is 3.57. The van der Waals surface area contributed by atoms with Crippen LogP contribution in [-0.4, -0.2) is 45.7 Å². The van der Waals surface area contributed by atoms with Gasteiger partial charge in [0.15, 0.2) is 0 Å². The van der Waals surface area contributed by atoms with Crippen molar-refractivity contribution in [3.63, 3.8) is 0 Å². The summed E-state index contributed by atoms with van der Waals surface area (Å²) in [5, 5.41) is 0. The van der Waals surface area contributed by atoms with E-state index in [0.717, 1.165) is 25.2 Å². The Morgan fingerprint density at radius 3 is 2.53 bits per heavy atom. The van der Waals surface area contributed by atoms with E-state index in [2.05, 4.69) is 14.9 Å². The average molecular weight is 420 g/mol. The van der Waals surface area contributed by atoms with Crippen LogP contribution in [0.15, 0.2) is 42.6 Å². The van der Waals surface area contributed by atoms with E-state index < -0.39 is 17.7 Å². The molecule has 0 radical (unpaired) electrons. The normalized spacial score (nSPS) is 15.5. The van der Waals surface area contributed by atoms with Crippen LogP contribution in [0.4, 0.5) is 17.6 Å². The Balaban J connectivity index is 1.83. The quantitative estimate of drug-likeness (QED) is 0.470. The second-order valence-electron chi connectivity index (χ2n) is 7.12. The molecule has 1 aromatic carbocycles. The van der Waals surface area contributed by atoms with E-state index in [1.165, 1.54) is 18.3 Å². The van der Waals surface area contributed by atoms with E-state index >= 15 is 0 Å². The molecule has 0 atom stereocenters. The Kier molecular flexibility index (Phi) is 5.57. The molecule has 0 unspecified atom stereocenters. The Morgan fingerprint density at radius 2 is 1.83 bits per heavy atom. The number of rotatable bonds is 4. The molecule has 158 valence electrons. The van der Waals surface area contributed by atoms with E-state index in [4.69, 9.17) is 4.74 Å². The zero-order chi connectivity index (χ0) is 21.3. The summed E-state index contributed by atoms with van der Waals surface area (Å²) in [5.41, 5.74) is 0.975. The summed E-state index contributed by atoms with van der Waals surface area (Å²) in [6.07, 6.45) is -3.14. The zero-order valence-electron chi connectivity index (χ0n) is 16.3. The van der Waals surface area contributed by atoms with Gasteiger partial charge in [-0.3, -0.25) is 4.90 Å². The van der Waals surface area contributed by atoms with Crippen LogP contribution in [0.25, 0.3) is 22.5 Å². The Morgan fingerprint density at radius 1 is 1.07 bits per heavy atom. The number of pyridine rings is 1. The van der Waals surface area contributed by atoms with Crippen molar-refractivity contribution in [2.75, 3.05) is 26.3 Å². The van der Waals surface area contributed by atoms with Crippen LogP contribution < -0.4 is 0 Å². The minimum absolute atomic E-state index is 0.320. The molecule has 0 saturated carbocycles. The minimum atomic E-state index is -4.47. The van der Waals surface area contributed by atoms with Crippen LogP contribution in [0.1, 0.15) is 11.4 Å². The van der Waals surface area contributed by atoms with E-state index in [-0.39, 0.29) is 0 Å². The molecule has 0 spiro atoms. The summed E-state index contributed by atoms with van der Waals surface area (Å²) < 4.78 is 60.7. The highest BCUT2D eigenvalue weighted by Crippen LogP contribution is 2.36. The second-order valence-corrected chi connectivity index (χ2v) is 7.12. The van der Waals surface area contributed by atoms with Crippen molar-refractivity contribution < 1.29 is 22.3 Å². The summed E-state index contributed by atoms with van der Waals surface area (Å²) in [6.45, 7) is 3.23. The van der Waals surface area contributed by atoms with E-state index in [9.17, 15) is 17.6 Å². The average Bonchev–Trinajstić information content (AvgIpc) is 3.04. The molecule has 0 bridgehead atoms. The summed E-state index contributed by atoms with van der Waals surface area (Å²) in [7, 11) is 1.79. The van der Waals surface area contributed by atoms with Gasteiger partial charge in [-0.2, -0.15) is 17.6 Å². The molecule has 9 heteroatoms. The molecule has 0 aliphatic carbocycles. The molecule has 4 rings (SSSR count). The van der Waals surface area contributed by atoms with Gasteiger partial charge in [-0.15, -0.1) is 0 Å². The smallest absolute Gasteiger partial charge is 0.379 e. The summed E-state index contributed by atoms with van der Waals surface area (Å²) in [6, 6.07) is 7.90. The molecule has 1 aliphatic heterocycles. The van der Waals surface area contributed by atoms with Crippen LogP contribution in [0, 0.1) is 5.95 Å². The largest absolute Gasteiger partial charge is 0.416 e. The summed E-state index contributed by atoms with van der Waals surface area (Å²) in [5.74, 6) is 0.00922. The molecule has 1 fully saturated rings. The van der Waals surface area contributed by atoms with Crippen LogP contribution >= 0.6 is 0 Å². The Bertz CT molecular complexity index is 1040. The van der Waals surface area contributed by atoms with E-state index in [1.807, 2.05) is 0 Å². The van der Waals surface area contributed by atoms with Gasteiger partial charge < -0.3 is 9.30 Å².